The molecule has 0 atom stereocenters. The fourth-order valence-electron chi connectivity index (χ4n) is 2.09. The summed E-state index contributed by atoms with van der Waals surface area (Å²) in [4.78, 5) is 11.4. The Morgan fingerprint density at radius 2 is 1.44 bits per heavy atom. The van der Waals surface area contributed by atoms with E-state index in [0.717, 1.165) is 22.8 Å². The summed E-state index contributed by atoms with van der Waals surface area (Å²) in [6.45, 7) is 7.25. The highest BCUT2D eigenvalue weighted by molar-refractivity contribution is 5.69. The Hall–Kier alpha value is -2.11. The van der Waals surface area contributed by atoms with E-state index in [0.29, 0.717) is 0 Å². The molecular weight excluding hydrogens is 232 g/mol. The fourth-order valence-corrected chi connectivity index (χ4v) is 2.09. The van der Waals surface area contributed by atoms with Crippen LogP contribution in [0.2, 0.25) is 0 Å². The lowest BCUT2D eigenvalue weighted by Gasteiger charge is -2.22. The molecule has 0 aliphatic rings. The van der Waals surface area contributed by atoms with E-state index in [1.54, 1.807) is 0 Å². The van der Waals surface area contributed by atoms with Crippen molar-refractivity contribution >= 4 is 5.97 Å². The molecule has 0 fully saturated rings. The Morgan fingerprint density at radius 1 is 1.06 bits per heavy atom. The van der Waals surface area contributed by atoms with Crippen molar-refractivity contribution in [2.24, 2.45) is 0 Å². The summed E-state index contributed by atoms with van der Waals surface area (Å²) in [5.74, 6) is -1.23. The van der Waals surface area contributed by atoms with E-state index < -0.39 is 12.1 Å². The van der Waals surface area contributed by atoms with Crippen molar-refractivity contribution in [1.29, 1.82) is 0 Å². The minimum Gasteiger partial charge on any atom is -0.546 e. The Balaban J connectivity index is 2.57. The maximum Gasteiger partial charge on any atom is 0.183 e. The number of carbonyl (C=O) groups is 1. The third-order valence-electron chi connectivity index (χ3n) is 2.76. The number of carboxylic acids is 1. The number of aliphatic carboxylic acids is 1. The molecule has 0 saturated heterocycles. The molecule has 0 N–H and O–H groups in total. The molecule has 2 aromatic rings. The summed E-state index contributed by atoms with van der Waals surface area (Å²) >= 11 is 0. The molecule has 18 heavy (non-hydrogen) atoms. The molecule has 0 spiro atoms. The summed E-state index contributed by atoms with van der Waals surface area (Å²) < 4.78 is 2.84. The molecule has 0 bridgehead atoms. The van der Waals surface area contributed by atoms with Gasteiger partial charge in [-0.1, -0.05) is 0 Å². The molecule has 2 rings (SSSR count). The Bertz CT molecular complexity index is 551. The molecule has 0 amide bonds. The van der Waals surface area contributed by atoms with Crippen molar-refractivity contribution in [2.75, 3.05) is 0 Å². The molecule has 2 heterocycles. The van der Waals surface area contributed by atoms with Gasteiger partial charge in [-0.25, -0.2) is 9.36 Å². The highest BCUT2D eigenvalue weighted by atomic mass is 16.4. The van der Waals surface area contributed by atoms with Crippen LogP contribution in [0.3, 0.4) is 0 Å². The molecule has 0 aromatic carbocycles. The van der Waals surface area contributed by atoms with Crippen molar-refractivity contribution in [2.45, 2.75) is 33.9 Å². The normalized spacial score (nSPS) is 11.2. The number of aromatic nitrogens is 4. The summed E-state index contributed by atoms with van der Waals surface area (Å²) in [5.41, 5.74) is 3.05. The van der Waals surface area contributed by atoms with Gasteiger partial charge in [0.2, 0.25) is 0 Å². The number of nitrogens with zero attached hydrogens (tertiary/aromatic N) is 4. The SMILES string of the molecule is Cc1cc(C)n(C(C(=O)[O-])n2nc(C)cc2C)n1. The van der Waals surface area contributed by atoms with Gasteiger partial charge in [-0.2, -0.15) is 10.2 Å². The van der Waals surface area contributed by atoms with Crippen LogP contribution in [-0.4, -0.2) is 25.5 Å². The first-order chi connectivity index (χ1) is 8.40. The topological polar surface area (TPSA) is 75.8 Å². The van der Waals surface area contributed by atoms with Crippen LogP contribution in [0.25, 0.3) is 0 Å². The van der Waals surface area contributed by atoms with Gasteiger partial charge in [-0.3, -0.25) is 0 Å². The average molecular weight is 247 g/mol. The van der Waals surface area contributed by atoms with E-state index in [9.17, 15) is 9.90 Å². The van der Waals surface area contributed by atoms with E-state index >= 15 is 0 Å². The van der Waals surface area contributed by atoms with E-state index in [-0.39, 0.29) is 0 Å². The first kappa shape index (κ1) is 12.3. The maximum absolute atomic E-state index is 11.4. The molecule has 0 saturated carbocycles. The molecule has 0 unspecified atom stereocenters. The number of carbonyl (C=O) groups excluding carboxylic acids is 1. The monoisotopic (exact) mass is 247 g/mol. The molecule has 96 valence electrons. The van der Waals surface area contributed by atoms with E-state index in [1.165, 1.54) is 9.36 Å². The van der Waals surface area contributed by atoms with Crippen LogP contribution in [0.5, 0.6) is 0 Å². The number of hydrogen-bond acceptors (Lipinski definition) is 4. The van der Waals surface area contributed by atoms with Gasteiger partial charge >= 0.3 is 0 Å². The van der Waals surface area contributed by atoms with Gasteiger partial charge in [0.05, 0.1) is 17.4 Å². The average Bonchev–Trinajstić information content (AvgIpc) is 2.71. The summed E-state index contributed by atoms with van der Waals surface area (Å²) in [6, 6.07) is 3.64. The Labute approximate surface area is 105 Å². The van der Waals surface area contributed by atoms with Crippen molar-refractivity contribution in [1.82, 2.24) is 19.6 Å². The Kier molecular flexibility index (Phi) is 2.94. The zero-order valence-electron chi connectivity index (χ0n) is 10.8. The third kappa shape index (κ3) is 2.01. The zero-order chi connectivity index (χ0) is 13.4. The van der Waals surface area contributed by atoms with Crippen LogP contribution in [-0.2, 0) is 4.79 Å². The number of rotatable bonds is 3. The van der Waals surface area contributed by atoms with E-state index in [2.05, 4.69) is 10.2 Å². The lowest BCUT2D eigenvalue weighted by atomic mass is 10.3. The molecular formula is C12H15N4O2-. The highest BCUT2D eigenvalue weighted by Gasteiger charge is 2.20. The zero-order valence-corrected chi connectivity index (χ0v) is 10.8. The van der Waals surface area contributed by atoms with Crippen molar-refractivity contribution in [3.05, 3.63) is 34.9 Å². The van der Waals surface area contributed by atoms with Gasteiger partial charge < -0.3 is 9.90 Å². The molecule has 6 nitrogen and oxygen atoms in total. The lowest BCUT2D eigenvalue weighted by molar-refractivity contribution is -0.312. The number of carboxylic acid groups (broad SMARTS) is 1. The van der Waals surface area contributed by atoms with Crippen LogP contribution in [0.4, 0.5) is 0 Å². The molecule has 0 aliphatic heterocycles. The van der Waals surface area contributed by atoms with Gasteiger partial charge in [-0.15, -0.1) is 0 Å². The second-order valence-electron chi connectivity index (χ2n) is 4.44. The largest absolute Gasteiger partial charge is 0.546 e. The van der Waals surface area contributed by atoms with Crippen LogP contribution >= 0.6 is 0 Å². The molecule has 2 aromatic heterocycles. The molecule has 6 heteroatoms. The lowest BCUT2D eigenvalue weighted by Crippen LogP contribution is -2.39. The number of hydrogen-bond donors (Lipinski definition) is 0. The summed E-state index contributed by atoms with van der Waals surface area (Å²) in [6.07, 6.45) is -1.05. The van der Waals surface area contributed by atoms with Crippen LogP contribution < -0.4 is 5.11 Å². The number of aryl methyl sites for hydroxylation is 4. The maximum atomic E-state index is 11.4. The van der Waals surface area contributed by atoms with Gasteiger partial charge in [0.25, 0.3) is 0 Å². The summed E-state index contributed by atoms with van der Waals surface area (Å²) in [5, 5.41) is 19.8. The van der Waals surface area contributed by atoms with Crippen LogP contribution in [0.15, 0.2) is 12.1 Å². The van der Waals surface area contributed by atoms with Gasteiger partial charge in [0.1, 0.15) is 0 Å². The van der Waals surface area contributed by atoms with Crippen LogP contribution in [0, 0.1) is 27.7 Å². The van der Waals surface area contributed by atoms with Crippen molar-refractivity contribution in [3.8, 4) is 0 Å². The van der Waals surface area contributed by atoms with Crippen LogP contribution in [0.1, 0.15) is 28.9 Å². The molecule has 0 aliphatic carbocycles. The standard InChI is InChI=1S/C12H16N4O2/c1-7-5-9(3)15(13-7)11(12(17)18)16-10(4)6-8(2)14-16/h5-6,11H,1-4H3,(H,17,18)/p-1. The predicted octanol–water partition coefficient (Wildman–Crippen LogP) is 0.110. The van der Waals surface area contributed by atoms with Crippen molar-refractivity contribution in [3.63, 3.8) is 0 Å². The summed E-state index contributed by atoms with van der Waals surface area (Å²) in [7, 11) is 0. The Morgan fingerprint density at radius 3 is 1.67 bits per heavy atom. The highest BCUT2D eigenvalue weighted by Crippen LogP contribution is 2.16. The predicted molar refractivity (Wildman–Crippen MR) is 62.8 cm³/mol. The first-order valence-corrected chi connectivity index (χ1v) is 5.66. The second kappa shape index (κ2) is 4.29. The van der Waals surface area contributed by atoms with E-state index in [1.807, 2.05) is 39.8 Å². The quantitative estimate of drug-likeness (QED) is 0.771. The van der Waals surface area contributed by atoms with Crippen molar-refractivity contribution < 1.29 is 9.90 Å². The van der Waals surface area contributed by atoms with Gasteiger partial charge in [0, 0.05) is 11.4 Å². The van der Waals surface area contributed by atoms with Gasteiger partial charge in [0.15, 0.2) is 6.17 Å². The smallest absolute Gasteiger partial charge is 0.183 e. The first-order valence-electron chi connectivity index (χ1n) is 5.66. The van der Waals surface area contributed by atoms with Gasteiger partial charge in [-0.05, 0) is 39.8 Å². The van der Waals surface area contributed by atoms with E-state index in [4.69, 9.17) is 0 Å². The molecule has 0 radical (unpaired) electrons. The minimum atomic E-state index is -1.23. The fraction of sp³-hybridized carbons (Fsp3) is 0.417. The second-order valence-corrected chi connectivity index (χ2v) is 4.44. The third-order valence-corrected chi connectivity index (χ3v) is 2.76. The minimum absolute atomic E-state index is 0.759.